The van der Waals surface area contributed by atoms with Crippen molar-refractivity contribution < 1.29 is 4.84 Å². The Kier molecular flexibility index (Phi) is 3.62. The molecule has 0 bridgehead atoms. The maximum atomic E-state index is 4.96. The van der Waals surface area contributed by atoms with Gasteiger partial charge >= 0.3 is 0 Å². The molecule has 0 fully saturated rings. The lowest BCUT2D eigenvalue weighted by atomic mass is 10.6. The number of hydroxylamine groups is 1. The summed E-state index contributed by atoms with van der Waals surface area (Å²) in [5, 5.41) is 0. The van der Waals surface area contributed by atoms with Crippen molar-refractivity contribution in [1.82, 2.24) is 10.5 Å². The summed E-state index contributed by atoms with van der Waals surface area (Å²) in [6.45, 7) is 0.950. The highest BCUT2D eigenvalue weighted by molar-refractivity contribution is 7.09. The Hall–Kier alpha value is -0.890. The van der Waals surface area contributed by atoms with Crippen LogP contribution < -0.4 is 5.48 Å². The topological polar surface area (TPSA) is 34.1 Å². The van der Waals surface area contributed by atoms with Gasteiger partial charge in [0.15, 0.2) is 0 Å². The summed E-state index contributed by atoms with van der Waals surface area (Å²) in [6.07, 6.45) is 6.75. The van der Waals surface area contributed by atoms with Crippen LogP contribution in [-0.2, 0) is 11.4 Å². The lowest BCUT2D eigenvalue weighted by Gasteiger charge is -1.98. The van der Waals surface area contributed by atoms with Crippen molar-refractivity contribution in [3.63, 3.8) is 0 Å². The third-order valence-electron chi connectivity index (χ3n) is 0.987. The van der Waals surface area contributed by atoms with E-state index in [1.54, 1.807) is 23.0 Å². The first kappa shape index (κ1) is 8.21. The molecule has 0 saturated carbocycles. The number of terminal acetylenes is 1. The summed E-state index contributed by atoms with van der Waals surface area (Å²) in [5.41, 5.74) is 4.49. The molecule has 1 N–H and O–H groups in total. The second-order valence-corrected chi connectivity index (χ2v) is 2.75. The van der Waals surface area contributed by atoms with Gasteiger partial charge in [-0.15, -0.1) is 17.8 Å². The fourth-order valence-electron chi connectivity index (χ4n) is 0.544. The zero-order chi connectivity index (χ0) is 7.94. The molecule has 0 radical (unpaired) electrons. The molecule has 11 heavy (non-hydrogen) atoms. The van der Waals surface area contributed by atoms with Crippen LogP contribution in [0.1, 0.15) is 4.88 Å². The molecule has 0 atom stereocenters. The zero-order valence-electron chi connectivity index (χ0n) is 5.91. The highest BCUT2D eigenvalue weighted by atomic mass is 32.1. The van der Waals surface area contributed by atoms with E-state index in [1.807, 2.05) is 0 Å². The van der Waals surface area contributed by atoms with Crippen LogP contribution in [0, 0.1) is 12.3 Å². The summed E-state index contributed by atoms with van der Waals surface area (Å²) in [5.74, 6) is 2.35. The van der Waals surface area contributed by atoms with Gasteiger partial charge in [-0.25, -0.2) is 0 Å². The van der Waals surface area contributed by atoms with Crippen LogP contribution in [0.4, 0.5) is 0 Å². The van der Waals surface area contributed by atoms with Crippen molar-refractivity contribution >= 4 is 11.3 Å². The van der Waals surface area contributed by atoms with Gasteiger partial charge in [-0.2, -0.15) is 5.48 Å². The van der Waals surface area contributed by atoms with Gasteiger partial charge in [-0.3, -0.25) is 9.82 Å². The third-order valence-corrected chi connectivity index (χ3v) is 1.77. The van der Waals surface area contributed by atoms with Crippen LogP contribution in [0.2, 0.25) is 0 Å². The monoisotopic (exact) mass is 168 g/mol. The van der Waals surface area contributed by atoms with Gasteiger partial charge in [0, 0.05) is 11.1 Å². The maximum absolute atomic E-state index is 4.96. The van der Waals surface area contributed by atoms with Gasteiger partial charge in [0.1, 0.15) is 6.61 Å². The van der Waals surface area contributed by atoms with E-state index in [1.165, 1.54) is 0 Å². The van der Waals surface area contributed by atoms with Crippen LogP contribution in [-0.4, -0.2) is 11.6 Å². The Morgan fingerprint density at radius 2 is 2.73 bits per heavy atom. The van der Waals surface area contributed by atoms with E-state index in [0.29, 0.717) is 13.2 Å². The number of hydrogen-bond donors (Lipinski definition) is 1. The van der Waals surface area contributed by atoms with Crippen molar-refractivity contribution in [1.29, 1.82) is 0 Å². The van der Waals surface area contributed by atoms with Gasteiger partial charge in [-0.1, -0.05) is 5.92 Å². The van der Waals surface area contributed by atoms with Crippen molar-refractivity contribution in [2.45, 2.75) is 6.54 Å². The minimum atomic E-state index is 0.290. The van der Waals surface area contributed by atoms with E-state index in [2.05, 4.69) is 16.4 Å². The minimum Gasteiger partial charge on any atom is -0.289 e. The van der Waals surface area contributed by atoms with Crippen LogP contribution in [0.15, 0.2) is 11.7 Å². The van der Waals surface area contributed by atoms with Crippen molar-refractivity contribution in [2.24, 2.45) is 0 Å². The summed E-state index contributed by atoms with van der Waals surface area (Å²) < 4.78 is 0. The molecule has 4 heteroatoms. The first-order valence-electron chi connectivity index (χ1n) is 3.09. The molecule has 0 saturated heterocycles. The zero-order valence-corrected chi connectivity index (χ0v) is 6.73. The highest BCUT2D eigenvalue weighted by Crippen LogP contribution is 2.03. The van der Waals surface area contributed by atoms with E-state index in [4.69, 9.17) is 11.3 Å². The lowest BCUT2D eigenvalue weighted by Crippen LogP contribution is -2.13. The van der Waals surface area contributed by atoms with Gasteiger partial charge in [0.2, 0.25) is 0 Å². The average molecular weight is 168 g/mol. The van der Waals surface area contributed by atoms with Crippen molar-refractivity contribution in [3.8, 4) is 12.3 Å². The quantitative estimate of drug-likeness (QED) is 0.410. The number of nitrogens with zero attached hydrogens (tertiary/aromatic N) is 1. The second-order valence-electron chi connectivity index (χ2n) is 1.78. The Morgan fingerprint density at radius 1 is 1.82 bits per heavy atom. The van der Waals surface area contributed by atoms with E-state index in [0.717, 1.165) is 4.88 Å². The number of rotatable bonds is 4. The number of aromatic nitrogens is 1. The average Bonchev–Trinajstić information content (AvgIpc) is 2.50. The normalized spacial score (nSPS) is 9.36. The van der Waals surface area contributed by atoms with Gasteiger partial charge in [-0.05, 0) is 0 Å². The minimum absolute atomic E-state index is 0.290. The predicted molar refractivity (Wildman–Crippen MR) is 43.7 cm³/mol. The first-order chi connectivity index (χ1) is 5.43. The SMILES string of the molecule is C#CCONCc1cncs1. The third kappa shape index (κ3) is 3.14. The molecule has 0 aromatic carbocycles. The van der Waals surface area contributed by atoms with Crippen LogP contribution in [0.3, 0.4) is 0 Å². The molecule has 0 aliphatic rings. The Morgan fingerprint density at radius 3 is 3.36 bits per heavy atom. The van der Waals surface area contributed by atoms with Crippen LogP contribution >= 0.6 is 11.3 Å². The summed E-state index contributed by atoms with van der Waals surface area (Å²) in [7, 11) is 0. The lowest BCUT2D eigenvalue weighted by molar-refractivity contribution is 0.0621. The molecule has 0 aliphatic heterocycles. The maximum Gasteiger partial charge on any atom is 0.128 e. The van der Waals surface area contributed by atoms with Crippen molar-refractivity contribution in [2.75, 3.05) is 6.61 Å². The first-order valence-corrected chi connectivity index (χ1v) is 3.97. The van der Waals surface area contributed by atoms with E-state index in [-0.39, 0.29) is 0 Å². The standard InChI is InChI=1S/C7H8N2OS/c1-2-3-10-9-5-7-4-8-6-11-7/h1,4,6,9H,3,5H2. The second kappa shape index (κ2) is 4.85. The van der Waals surface area contributed by atoms with E-state index >= 15 is 0 Å². The molecule has 58 valence electrons. The molecule has 1 aromatic heterocycles. The van der Waals surface area contributed by atoms with Crippen LogP contribution in [0.25, 0.3) is 0 Å². The molecular weight excluding hydrogens is 160 g/mol. The molecule has 0 unspecified atom stereocenters. The molecular formula is C7H8N2OS. The fraction of sp³-hybridized carbons (Fsp3) is 0.286. The molecule has 3 nitrogen and oxygen atoms in total. The van der Waals surface area contributed by atoms with Crippen LogP contribution in [0.5, 0.6) is 0 Å². The Balaban J connectivity index is 2.10. The molecule has 1 rings (SSSR count). The van der Waals surface area contributed by atoms with Gasteiger partial charge < -0.3 is 0 Å². The predicted octanol–water partition coefficient (Wildman–Crippen LogP) is 0.797. The van der Waals surface area contributed by atoms with Crippen molar-refractivity contribution in [3.05, 3.63) is 16.6 Å². The fourth-order valence-corrected chi connectivity index (χ4v) is 1.07. The number of hydrogen-bond acceptors (Lipinski definition) is 4. The van der Waals surface area contributed by atoms with Gasteiger partial charge in [0.25, 0.3) is 0 Å². The summed E-state index contributed by atoms with van der Waals surface area (Å²) in [6, 6.07) is 0. The largest absolute Gasteiger partial charge is 0.289 e. The molecule has 0 spiro atoms. The molecule has 1 heterocycles. The molecule has 1 aromatic rings. The van der Waals surface area contributed by atoms with E-state index < -0.39 is 0 Å². The smallest absolute Gasteiger partial charge is 0.128 e. The number of thiazole rings is 1. The Labute approximate surface area is 69.4 Å². The summed E-state index contributed by atoms with van der Waals surface area (Å²) in [4.78, 5) is 9.88. The molecule has 0 amide bonds. The van der Waals surface area contributed by atoms with E-state index in [9.17, 15) is 0 Å². The Bertz CT molecular complexity index is 227. The molecule has 0 aliphatic carbocycles. The number of nitrogens with one attached hydrogen (secondary N) is 1. The van der Waals surface area contributed by atoms with Gasteiger partial charge in [0.05, 0.1) is 12.1 Å². The highest BCUT2D eigenvalue weighted by Gasteiger charge is 1.91. The summed E-state index contributed by atoms with van der Waals surface area (Å²) >= 11 is 1.58.